The van der Waals surface area contributed by atoms with Crippen molar-refractivity contribution in [3.63, 3.8) is 0 Å². The molecule has 2 N–H and O–H groups in total. The number of benzene rings is 1. The van der Waals surface area contributed by atoms with Gasteiger partial charge in [-0.2, -0.15) is 0 Å². The van der Waals surface area contributed by atoms with Crippen LogP contribution in [0.4, 0.5) is 8.78 Å². The Morgan fingerprint density at radius 2 is 2.00 bits per heavy atom. The van der Waals surface area contributed by atoms with Crippen LogP contribution in [0.5, 0.6) is 5.75 Å². The van der Waals surface area contributed by atoms with Crippen molar-refractivity contribution in [2.24, 2.45) is 0 Å². The van der Waals surface area contributed by atoms with Gasteiger partial charge in [-0.05, 0) is 18.6 Å². The third-order valence-electron chi connectivity index (χ3n) is 2.80. The Balaban J connectivity index is 2.75. The molecule has 1 aromatic carbocycles. The molecule has 122 valence electrons. The van der Waals surface area contributed by atoms with E-state index < -0.39 is 36.9 Å². The van der Waals surface area contributed by atoms with Gasteiger partial charge in [-0.15, -0.1) is 0 Å². The molecule has 2 unspecified atom stereocenters. The predicted octanol–water partition coefficient (Wildman–Crippen LogP) is 2.72. The molecule has 22 heavy (non-hydrogen) atoms. The molecule has 5 nitrogen and oxygen atoms in total. The van der Waals surface area contributed by atoms with Gasteiger partial charge in [0.15, 0.2) is 6.10 Å². The van der Waals surface area contributed by atoms with Crippen molar-refractivity contribution in [1.29, 1.82) is 0 Å². The summed E-state index contributed by atoms with van der Waals surface area (Å²) >= 11 is 5.91. The van der Waals surface area contributed by atoms with Crippen LogP contribution in [0.25, 0.3) is 0 Å². The van der Waals surface area contributed by atoms with Gasteiger partial charge in [-0.3, -0.25) is 4.79 Å². The Morgan fingerprint density at radius 3 is 2.50 bits per heavy atom. The highest BCUT2D eigenvalue weighted by Crippen LogP contribution is 2.24. The zero-order valence-corrected chi connectivity index (χ0v) is 12.5. The molecule has 0 heterocycles. The molecule has 0 aliphatic carbocycles. The number of carbonyl (C=O) groups excluding carboxylic acids is 1. The first-order chi connectivity index (χ1) is 10.3. The highest BCUT2D eigenvalue weighted by Gasteiger charge is 2.28. The summed E-state index contributed by atoms with van der Waals surface area (Å²) in [5.41, 5.74) is 0. The van der Waals surface area contributed by atoms with Crippen molar-refractivity contribution in [1.82, 2.24) is 5.32 Å². The molecular weight excluding hydrogens is 320 g/mol. The van der Waals surface area contributed by atoms with E-state index in [1.165, 1.54) is 0 Å². The van der Waals surface area contributed by atoms with Crippen molar-refractivity contribution in [2.45, 2.75) is 38.3 Å². The van der Waals surface area contributed by atoms with Crippen LogP contribution in [-0.2, 0) is 9.59 Å². The number of carbonyl (C=O) groups is 2. The lowest BCUT2D eigenvalue weighted by Crippen LogP contribution is -2.47. The molecule has 1 amide bonds. The number of hydrogen-bond acceptors (Lipinski definition) is 3. The van der Waals surface area contributed by atoms with Gasteiger partial charge in [0.2, 0.25) is 6.43 Å². The first-order valence-corrected chi connectivity index (χ1v) is 6.95. The average Bonchev–Trinajstić information content (AvgIpc) is 2.45. The second kappa shape index (κ2) is 8.53. The van der Waals surface area contributed by atoms with Crippen molar-refractivity contribution in [2.75, 3.05) is 0 Å². The van der Waals surface area contributed by atoms with Crippen LogP contribution in [-0.4, -0.2) is 35.6 Å². The summed E-state index contributed by atoms with van der Waals surface area (Å²) in [7, 11) is 0. The molecule has 0 saturated carbocycles. The quantitative estimate of drug-likeness (QED) is 0.766. The van der Waals surface area contributed by atoms with Crippen molar-refractivity contribution >= 4 is 23.5 Å². The lowest BCUT2D eigenvalue weighted by Gasteiger charge is -2.20. The Morgan fingerprint density at radius 1 is 1.36 bits per heavy atom. The van der Waals surface area contributed by atoms with Gasteiger partial charge in [0.25, 0.3) is 5.91 Å². The molecule has 0 saturated heterocycles. The molecule has 0 fully saturated rings. The summed E-state index contributed by atoms with van der Waals surface area (Å²) in [6, 6.07) is 4.78. The van der Waals surface area contributed by atoms with Gasteiger partial charge < -0.3 is 15.2 Å². The second-order valence-electron chi connectivity index (χ2n) is 4.47. The van der Waals surface area contributed by atoms with Crippen molar-refractivity contribution < 1.29 is 28.2 Å². The molecule has 0 spiro atoms. The van der Waals surface area contributed by atoms with Crippen LogP contribution in [0.2, 0.25) is 5.02 Å². The largest absolute Gasteiger partial charge is 0.480 e. The number of nitrogens with one attached hydrogen (secondary N) is 1. The van der Waals surface area contributed by atoms with Crippen LogP contribution in [0.3, 0.4) is 0 Å². The van der Waals surface area contributed by atoms with Crippen LogP contribution in [0.1, 0.15) is 19.8 Å². The van der Waals surface area contributed by atoms with Crippen LogP contribution < -0.4 is 10.1 Å². The normalized spacial score (nSPS) is 13.5. The van der Waals surface area contributed by atoms with E-state index in [9.17, 15) is 18.4 Å². The summed E-state index contributed by atoms with van der Waals surface area (Å²) in [6.45, 7) is 1.64. The van der Waals surface area contributed by atoms with E-state index in [4.69, 9.17) is 21.4 Å². The number of carboxylic acid groups (broad SMARTS) is 1. The van der Waals surface area contributed by atoms with Gasteiger partial charge in [0.1, 0.15) is 11.8 Å². The zero-order valence-electron chi connectivity index (χ0n) is 11.8. The second-order valence-corrected chi connectivity index (χ2v) is 4.88. The maximum atomic E-state index is 12.3. The number of amides is 1. The van der Waals surface area contributed by atoms with E-state index in [0.29, 0.717) is 0 Å². The number of rotatable bonds is 8. The van der Waals surface area contributed by atoms with Crippen LogP contribution in [0, 0.1) is 0 Å². The van der Waals surface area contributed by atoms with Gasteiger partial charge in [-0.25, -0.2) is 13.6 Å². The maximum absolute atomic E-state index is 12.3. The summed E-state index contributed by atoms with van der Waals surface area (Å²) in [4.78, 5) is 22.9. The summed E-state index contributed by atoms with van der Waals surface area (Å²) in [6.07, 6.45) is -4.62. The molecule has 1 aromatic rings. The Bertz CT molecular complexity index is 527. The Labute approximate surface area is 131 Å². The minimum Gasteiger partial charge on any atom is -0.480 e. The number of carboxylic acids is 1. The fourth-order valence-corrected chi connectivity index (χ4v) is 1.86. The molecule has 2 atom stereocenters. The average molecular weight is 336 g/mol. The summed E-state index contributed by atoms with van der Waals surface area (Å²) in [5, 5.41) is 11.2. The van der Waals surface area contributed by atoms with Crippen molar-refractivity contribution in [3.8, 4) is 5.75 Å². The maximum Gasteiger partial charge on any atom is 0.326 e. The molecule has 0 bridgehead atoms. The standard InChI is InChI=1S/C14H16ClF2NO4/c1-2-10(22-11-6-4-3-5-8(11)15)13(19)18-9(14(20)21)7-12(16)17/h3-6,9-10,12H,2,7H2,1H3,(H,18,19)(H,20,21). The molecule has 0 aliphatic rings. The van der Waals surface area contributed by atoms with E-state index in [0.717, 1.165) is 0 Å². The number of para-hydroxylation sites is 1. The smallest absolute Gasteiger partial charge is 0.326 e. The minimum atomic E-state index is -2.84. The molecule has 0 radical (unpaired) electrons. The lowest BCUT2D eigenvalue weighted by molar-refractivity contribution is -0.144. The van der Waals surface area contributed by atoms with E-state index in [2.05, 4.69) is 5.32 Å². The fraction of sp³-hybridized carbons (Fsp3) is 0.429. The third kappa shape index (κ3) is 5.48. The number of alkyl halides is 2. The zero-order chi connectivity index (χ0) is 16.7. The van der Waals surface area contributed by atoms with Crippen molar-refractivity contribution in [3.05, 3.63) is 29.3 Å². The summed E-state index contributed by atoms with van der Waals surface area (Å²) in [5.74, 6) is -2.05. The van der Waals surface area contributed by atoms with E-state index in [-0.39, 0.29) is 17.2 Å². The minimum absolute atomic E-state index is 0.220. The van der Waals surface area contributed by atoms with E-state index in [1.54, 1.807) is 31.2 Å². The van der Waals surface area contributed by atoms with E-state index in [1.807, 2.05) is 0 Å². The van der Waals surface area contributed by atoms with Gasteiger partial charge in [0.05, 0.1) is 5.02 Å². The highest BCUT2D eigenvalue weighted by molar-refractivity contribution is 6.32. The lowest BCUT2D eigenvalue weighted by atomic mass is 10.2. The van der Waals surface area contributed by atoms with Crippen LogP contribution in [0.15, 0.2) is 24.3 Å². The van der Waals surface area contributed by atoms with Gasteiger partial charge in [-0.1, -0.05) is 30.7 Å². The Hall–Kier alpha value is -1.89. The SMILES string of the molecule is CCC(Oc1ccccc1Cl)C(=O)NC(CC(F)F)C(=O)O. The Kier molecular flexibility index (Phi) is 7.04. The third-order valence-corrected chi connectivity index (χ3v) is 3.11. The molecular formula is C14H16ClF2NO4. The molecule has 0 aromatic heterocycles. The topological polar surface area (TPSA) is 75.6 Å². The van der Waals surface area contributed by atoms with Gasteiger partial charge >= 0.3 is 5.97 Å². The highest BCUT2D eigenvalue weighted by atomic mass is 35.5. The van der Waals surface area contributed by atoms with Gasteiger partial charge in [0, 0.05) is 6.42 Å². The molecule has 1 rings (SSSR count). The first-order valence-electron chi connectivity index (χ1n) is 6.57. The first kappa shape index (κ1) is 18.2. The predicted molar refractivity (Wildman–Crippen MR) is 76.3 cm³/mol. The number of aliphatic carboxylic acids is 1. The number of halogens is 3. The molecule has 0 aliphatic heterocycles. The fourth-order valence-electron chi connectivity index (χ4n) is 1.68. The van der Waals surface area contributed by atoms with E-state index >= 15 is 0 Å². The molecule has 8 heteroatoms. The van der Waals surface area contributed by atoms with Crippen LogP contribution >= 0.6 is 11.6 Å². The monoisotopic (exact) mass is 335 g/mol. The number of ether oxygens (including phenoxy) is 1. The number of hydrogen-bond donors (Lipinski definition) is 2. The summed E-state index contributed by atoms with van der Waals surface area (Å²) < 4.78 is 30.0.